The third kappa shape index (κ3) is 1.88. The number of halogens is 2. The molecule has 0 saturated carbocycles. The number of nitrogens with zero attached hydrogens (tertiary/aromatic N) is 4. The van der Waals surface area contributed by atoms with Gasteiger partial charge in [-0.1, -0.05) is 16.8 Å². The van der Waals surface area contributed by atoms with Gasteiger partial charge in [-0.15, -0.1) is 0 Å². The minimum atomic E-state index is -1.47. The van der Waals surface area contributed by atoms with E-state index in [2.05, 4.69) is 15.1 Å². The smallest absolute Gasteiger partial charge is 0.203 e. The fourth-order valence-electron chi connectivity index (χ4n) is 2.60. The molecule has 22 heavy (non-hydrogen) atoms. The molecule has 3 heterocycles. The van der Waals surface area contributed by atoms with Crippen LogP contribution < -0.4 is 0 Å². The second kappa shape index (κ2) is 4.78. The number of hydrogen-bond acceptors (Lipinski definition) is 4. The van der Waals surface area contributed by atoms with E-state index in [4.69, 9.17) is 16.1 Å². The highest BCUT2D eigenvalue weighted by molar-refractivity contribution is 6.31. The van der Waals surface area contributed by atoms with Crippen molar-refractivity contribution in [3.63, 3.8) is 0 Å². The van der Waals surface area contributed by atoms with Gasteiger partial charge in [-0.2, -0.15) is 0 Å². The van der Waals surface area contributed by atoms with Crippen LogP contribution in [0.25, 0.3) is 21.9 Å². The zero-order valence-corrected chi connectivity index (χ0v) is 12.3. The first-order chi connectivity index (χ1) is 10.6. The minimum absolute atomic E-state index is 0.189. The van der Waals surface area contributed by atoms with E-state index in [1.807, 2.05) is 6.07 Å². The molecule has 0 spiro atoms. The van der Waals surface area contributed by atoms with Crippen LogP contribution in [0.4, 0.5) is 4.39 Å². The molecule has 0 saturated heterocycles. The molecule has 1 atom stereocenters. The molecule has 0 fully saturated rings. The van der Waals surface area contributed by atoms with Gasteiger partial charge in [0.25, 0.3) is 0 Å². The van der Waals surface area contributed by atoms with Crippen LogP contribution in [-0.2, 0) is 7.05 Å². The van der Waals surface area contributed by atoms with Gasteiger partial charge in [0, 0.05) is 23.5 Å². The van der Waals surface area contributed by atoms with Crippen LogP contribution in [0.3, 0.4) is 0 Å². The van der Waals surface area contributed by atoms with Gasteiger partial charge in [0.05, 0.1) is 17.2 Å². The Morgan fingerprint density at radius 2 is 2.14 bits per heavy atom. The van der Waals surface area contributed by atoms with Crippen LogP contribution in [0.1, 0.15) is 17.7 Å². The van der Waals surface area contributed by atoms with Crippen molar-refractivity contribution >= 4 is 33.5 Å². The third-order valence-electron chi connectivity index (χ3n) is 3.64. The summed E-state index contributed by atoms with van der Waals surface area (Å²) in [7, 11) is 1.76. The predicted molar refractivity (Wildman–Crippen MR) is 80.5 cm³/mol. The molecule has 5 nitrogen and oxygen atoms in total. The first kappa shape index (κ1) is 13.2. The van der Waals surface area contributed by atoms with Gasteiger partial charge in [-0.05, 0) is 18.2 Å². The van der Waals surface area contributed by atoms with Crippen LogP contribution in [0.2, 0.25) is 5.02 Å². The maximum atomic E-state index is 14.6. The summed E-state index contributed by atoms with van der Waals surface area (Å²) in [6.45, 7) is 0. The molecule has 0 aliphatic rings. The van der Waals surface area contributed by atoms with E-state index in [9.17, 15) is 4.39 Å². The molecule has 0 aliphatic heterocycles. The third-order valence-corrected chi connectivity index (χ3v) is 3.88. The summed E-state index contributed by atoms with van der Waals surface area (Å²) in [5, 5.41) is 5.07. The van der Waals surface area contributed by atoms with Gasteiger partial charge >= 0.3 is 0 Å². The fraction of sp³-hybridized carbons (Fsp3) is 0.133. The Morgan fingerprint density at radius 1 is 1.27 bits per heavy atom. The SMILES string of the molecule is Cn1c(C(F)c2ccon2)nc2cnc3ccc(Cl)cc3c21. The summed E-state index contributed by atoms with van der Waals surface area (Å²) >= 11 is 6.07. The van der Waals surface area contributed by atoms with Gasteiger partial charge in [-0.3, -0.25) is 4.98 Å². The zero-order valence-electron chi connectivity index (χ0n) is 11.5. The molecule has 1 unspecified atom stereocenters. The number of pyridine rings is 1. The Morgan fingerprint density at radius 3 is 2.91 bits per heavy atom. The molecule has 0 bridgehead atoms. The number of rotatable bonds is 2. The quantitative estimate of drug-likeness (QED) is 0.564. The van der Waals surface area contributed by atoms with Crippen LogP contribution in [0.5, 0.6) is 0 Å². The zero-order chi connectivity index (χ0) is 15.3. The molecule has 0 radical (unpaired) electrons. The number of imidazole rings is 1. The standard InChI is InChI=1S/C15H10ClFN4O/c1-21-14-9-6-8(16)2-3-10(9)18-7-12(14)19-15(21)13(17)11-4-5-22-20-11/h2-7,13H,1H3. The van der Waals surface area contributed by atoms with Crippen molar-refractivity contribution in [1.29, 1.82) is 0 Å². The lowest BCUT2D eigenvalue weighted by Crippen LogP contribution is -2.03. The number of aromatic nitrogens is 4. The summed E-state index contributed by atoms with van der Waals surface area (Å²) in [6.07, 6.45) is 1.50. The number of benzene rings is 1. The highest BCUT2D eigenvalue weighted by atomic mass is 35.5. The molecule has 1 aromatic carbocycles. The minimum Gasteiger partial charge on any atom is -0.364 e. The number of aryl methyl sites for hydroxylation is 1. The summed E-state index contributed by atoms with van der Waals surface area (Å²) < 4.78 is 21.0. The lowest BCUT2D eigenvalue weighted by atomic mass is 10.2. The first-order valence-electron chi connectivity index (χ1n) is 6.60. The van der Waals surface area contributed by atoms with E-state index < -0.39 is 6.17 Å². The van der Waals surface area contributed by atoms with Crippen molar-refractivity contribution in [1.82, 2.24) is 19.7 Å². The van der Waals surface area contributed by atoms with E-state index in [1.165, 1.54) is 12.3 Å². The van der Waals surface area contributed by atoms with Crippen molar-refractivity contribution in [2.24, 2.45) is 7.05 Å². The second-order valence-electron chi connectivity index (χ2n) is 4.97. The Balaban J connectivity index is 2.01. The number of fused-ring (bicyclic) bond motifs is 3. The average molecular weight is 317 g/mol. The Labute approximate surface area is 129 Å². The van der Waals surface area contributed by atoms with Crippen LogP contribution in [0.15, 0.2) is 41.2 Å². The molecule has 4 rings (SSSR count). The van der Waals surface area contributed by atoms with Gasteiger partial charge in [0.15, 0.2) is 5.82 Å². The largest absolute Gasteiger partial charge is 0.364 e. The highest BCUT2D eigenvalue weighted by Gasteiger charge is 2.23. The number of hydrogen-bond donors (Lipinski definition) is 0. The van der Waals surface area contributed by atoms with E-state index in [1.54, 1.807) is 29.9 Å². The van der Waals surface area contributed by atoms with E-state index in [-0.39, 0.29) is 11.5 Å². The fourth-order valence-corrected chi connectivity index (χ4v) is 2.77. The lowest BCUT2D eigenvalue weighted by molar-refractivity contribution is 0.338. The molecule has 0 aliphatic carbocycles. The first-order valence-corrected chi connectivity index (χ1v) is 6.98. The molecule has 0 N–H and O–H groups in total. The normalized spacial score (nSPS) is 13.0. The molecule has 4 aromatic rings. The Kier molecular flexibility index (Phi) is 2.87. The van der Waals surface area contributed by atoms with Crippen molar-refractivity contribution in [2.75, 3.05) is 0 Å². The monoisotopic (exact) mass is 316 g/mol. The van der Waals surface area contributed by atoms with E-state index >= 15 is 0 Å². The molecule has 3 aromatic heterocycles. The van der Waals surface area contributed by atoms with E-state index in [0.29, 0.717) is 10.5 Å². The maximum absolute atomic E-state index is 14.6. The summed E-state index contributed by atoms with van der Waals surface area (Å²) in [5.74, 6) is 0.248. The van der Waals surface area contributed by atoms with Crippen molar-refractivity contribution < 1.29 is 8.91 Å². The maximum Gasteiger partial charge on any atom is 0.203 e. The lowest BCUT2D eigenvalue weighted by Gasteiger charge is -2.06. The van der Waals surface area contributed by atoms with Crippen LogP contribution in [0, 0.1) is 0 Å². The summed E-state index contributed by atoms with van der Waals surface area (Å²) in [4.78, 5) is 8.68. The molecule has 110 valence electrons. The Hall–Kier alpha value is -2.47. The van der Waals surface area contributed by atoms with Gasteiger partial charge < -0.3 is 9.09 Å². The number of alkyl halides is 1. The van der Waals surface area contributed by atoms with Crippen molar-refractivity contribution in [2.45, 2.75) is 6.17 Å². The van der Waals surface area contributed by atoms with Crippen LogP contribution >= 0.6 is 11.6 Å². The van der Waals surface area contributed by atoms with Crippen LogP contribution in [-0.4, -0.2) is 19.7 Å². The Bertz CT molecular complexity index is 980. The van der Waals surface area contributed by atoms with Gasteiger partial charge in [0.2, 0.25) is 6.17 Å². The summed E-state index contributed by atoms with van der Waals surface area (Å²) in [5.41, 5.74) is 2.36. The van der Waals surface area contributed by atoms with Crippen molar-refractivity contribution in [3.8, 4) is 0 Å². The van der Waals surface area contributed by atoms with Crippen molar-refractivity contribution in [3.05, 3.63) is 53.3 Å². The molecular formula is C15H10ClFN4O. The second-order valence-corrected chi connectivity index (χ2v) is 5.41. The highest BCUT2D eigenvalue weighted by Crippen LogP contribution is 2.31. The average Bonchev–Trinajstić information content (AvgIpc) is 3.15. The van der Waals surface area contributed by atoms with Gasteiger partial charge in [0.1, 0.15) is 17.5 Å². The predicted octanol–water partition coefficient (Wildman–Crippen LogP) is 3.82. The summed E-state index contributed by atoms with van der Waals surface area (Å²) in [6, 6.07) is 6.89. The topological polar surface area (TPSA) is 56.7 Å². The van der Waals surface area contributed by atoms with E-state index in [0.717, 1.165) is 16.4 Å². The molecule has 0 amide bonds. The van der Waals surface area contributed by atoms with Gasteiger partial charge in [-0.25, -0.2) is 9.37 Å². The molecular weight excluding hydrogens is 307 g/mol. The molecule has 7 heteroatoms.